The average molecular weight is 352 g/mol. The molecule has 26 heavy (non-hydrogen) atoms. The fourth-order valence-electron chi connectivity index (χ4n) is 2.68. The smallest absolute Gasteiger partial charge is 0.268 e. The number of benzene rings is 1. The first-order valence-electron chi connectivity index (χ1n) is 8.16. The highest BCUT2D eigenvalue weighted by Gasteiger charge is 2.20. The maximum atomic E-state index is 12.6. The number of pyridine rings is 1. The van der Waals surface area contributed by atoms with Crippen LogP contribution in [0.4, 0.5) is 5.82 Å². The normalized spacial score (nSPS) is 11.8. The van der Waals surface area contributed by atoms with Crippen molar-refractivity contribution in [3.05, 3.63) is 54.4 Å². The maximum Gasteiger partial charge on any atom is 0.268 e. The van der Waals surface area contributed by atoms with Crippen molar-refractivity contribution in [1.82, 2.24) is 14.9 Å². The lowest BCUT2D eigenvalue weighted by molar-refractivity contribution is -0.117. The molecule has 0 spiro atoms. The molecular weight excluding hydrogens is 332 g/mol. The van der Waals surface area contributed by atoms with Gasteiger partial charge in [-0.25, -0.2) is 4.98 Å². The van der Waals surface area contributed by atoms with Crippen molar-refractivity contribution in [3.8, 4) is 5.75 Å². The molecule has 0 saturated carbocycles. The van der Waals surface area contributed by atoms with Crippen LogP contribution >= 0.6 is 0 Å². The summed E-state index contributed by atoms with van der Waals surface area (Å²) < 4.78 is 7.00. The average Bonchev–Trinajstić information content (AvgIpc) is 2.98. The molecule has 0 saturated heterocycles. The van der Waals surface area contributed by atoms with Crippen molar-refractivity contribution >= 4 is 28.5 Å². The van der Waals surface area contributed by atoms with E-state index in [1.54, 1.807) is 49.1 Å². The molecule has 0 radical (unpaired) electrons. The number of nitrogens with zero attached hydrogens (tertiary/aromatic N) is 2. The Kier molecular flexibility index (Phi) is 4.88. The highest BCUT2D eigenvalue weighted by atomic mass is 16.5. The Morgan fingerprint density at radius 2 is 2.00 bits per heavy atom. The molecular formula is C19H20N4O3. The third-order valence-electron chi connectivity index (χ3n) is 4.14. The third kappa shape index (κ3) is 3.51. The van der Waals surface area contributed by atoms with Crippen molar-refractivity contribution < 1.29 is 14.3 Å². The molecule has 0 aliphatic heterocycles. The molecule has 0 aliphatic carbocycles. The quantitative estimate of drug-likeness (QED) is 0.738. The Balaban J connectivity index is 1.74. The number of rotatable bonds is 5. The van der Waals surface area contributed by atoms with Crippen LogP contribution in [0.25, 0.3) is 10.9 Å². The van der Waals surface area contributed by atoms with Gasteiger partial charge in [-0.3, -0.25) is 9.59 Å². The fraction of sp³-hybridized carbons (Fsp3) is 0.211. The van der Waals surface area contributed by atoms with Gasteiger partial charge in [0.2, 0.25) is 5.91 Å². The van der Waals surface area contributed by atoms with E-state index in [1.165, 1.54) is 0 Å². The maximum absolute atomic E-state index is 12.6. The van der Waals surface area contributed by atoms with Crippen LogP contribution in [0, 0.1) is 0 Å². The Morgan fingerprint density at radius 1 is 1.19 bits per heavy atom. The van der Waals surface area contributed by atoms with Gasteiger partial charge in [-0.15, -0.1) is 0 Å². The molecule has 0 fully saturated rings. The van der Waals surface area contributed by atoms with Gasteiger partial charge in [0.25, 0.3) is 5.91 Å². The second-order valence-corrected chi connectivity index (χ2v) is 5.91. The number of aryl methyl sites for hydroxylation is 1. The summed E-state index contributed by atoms with van der Waals surface area (Å²) in [6.07, 6.45) is 1.59. The third-order valence-corrected chi connectivity index (χ3v) is 4.14. The standard InChI is InChI=1S/C19H20N4O3/c1-12(18(24)22-17-6-4-5-9-20-17)21-19(25)16-11-13-10-14(26-3)7-8-15(13)23(16)2/h4-12H,1-3H3,(H,21,25)(H,20,22,24)/t12-/m1/s1. The summed E-state index contributed by atoms with van der Waals surface area (Å²) in [7, 11) is 3.40. The molecule has 3 aromatic rings. The number of anilines is 1. The molecule has 1 aromatic carbocycles. The molecule has 0 bridgehead atoms. The molecule has 134 valence electrons. The van der Waals surface area contributed by atoms with Gasteiger partial charge in [0.15, 0.2) is 0 Å². The monoisotopic (exact) mass is 352 g/mol. The molecule has 2 heterocycles. The summed E-state index contributed by atoms with van der Waals surface area (Å²) in [5.41, 5.74) is 1.37. The van der Waals surface area contributed by atoms with E-state index in [0.29, 0.717) is 11.5 Å². The number of fused-ring (bicyclic) bond motifs is 1. The summed E-state index contributed by atoms with van der Waals surface area (Å²) in [6.45, 7) is 1.63. The van der Waals surface area contributed by atoms with Gasteiger partial charge < -0.3 is 19.9 Å². The zero-order chi connectivity index (χ0) is 18.7. The largest absolute Gasteiger partial charge is 0.497 e. The summed E-state index contributed by atoms with van der Waals surface area (Å²) in [6, 6.07) is 11.9. The Morgan fingerprint density at radius 3 is 2.69 bits per heavy atom. The van der Waals surface area contributed by atoms with Gasteiger partial charge in [-0.2, -0.15) is 0 Å². The number of methoxy groups -OCH3 is 1. The van der Waals surface area contributed by atoms with Crippen LogP contribution in [-0.4, -0.2) is 34.5 Å². The Bertz CT molecular complexity index is 950. The lowest BCUT2D eigenvalue weighted by Gasteiger charge is -2.14. The predicted octanol–water partition coefficient (Wildman–Crippen LogP) is 2.34. The van der Waals surface area contributed by atoms with Crippen LogP contribution in [0.2, 0.25) is 0 Å². The molecule has 7 heteroatoms. The van der Waals surface area contributed by atoms with Gasteiger partial charge in [-0.1, -0.05) is 6.07 Å². The van der Waals surface area contributed by atoms with Crippen LogP contribution in [0.3, 0.4) is 0 Å². The van der Waals surface area contributed by atoms with E-state index >= 15 is 0 Å². The molecule has 1 atom stereocenters. The first-order chi connectivity index (χ1) is 12.5. The Hall–Kier alpha value is -3.35. The van der Waals surface area contributed by atoms with E-state index in [-0.39, 0.29) is 11.8 Å². The number of ether oxygens (including phenoxy) is 1. The van der Waals surface area contributed by atoms with Crippen molar-refractivity contribution in [3.63, 3.8) is 0 Å². The van der Waals surface area contributed by atoms with Gasteiger partial charge >= 0.3 is 0 Å². The molecule has 3 rings (SSSR count). The highest BCUT2D eigenvalue weighted by Crippen LogP contribution is 2.23. The SMILES string of the molecule is COc1ccc2c(c1)cc(C(=O)N[C@H](C)C(=O)Nc1ccccn1)n2C. The second-order valence-electron chi connectivity index (χ2n) is 5.91. The van der Waals surface area contributed by atoms with Crippen LogP contribution < -0.4 is 15.4 Å². The van der Waals surface area contributed by atoms with Crippen LogP contribution in [0.1, 0.15) is 17.4 Å². The van der Waals surface area contributed by atoms with Gasteiger partial charge in [0, 0.05) is 24.1 Å². The number of hydrogen-bond donors (Lipinski definition) is 2. The van der Waals surface area contributed by atoms with E-state index in [9.17, 15) is 9.59 Å². The first kappa shape index (κ1) is 17.5. The van der Waals surface area contributed by atoms with E-state index in [4.69, 9.17) is 4.74 Å². The van der Waals surface area contributed by atoms with Crippen molar-refractivity contribution in [2.45, 2.75) is 13.0 Å². The van der Waals surface area contributed by atoms with Crippen LogP contribution in [-0.2, 0) is 11.8 Å². The lowest BCUT2D eigenvalue weighted by atomic mass is 10.2. The number of carbonyl (C=O) groups excluding carboxylic acids is 2. The zero-order valence-electron chi connectivity index (χ0n) is 14.8. The van der Waals surface area contributed by atoms with E-state index in [2.05, 4.69) is 15.6 Å². The molecule has 7 nitrogen and oxygen atoms in total. The zero-order valence-corrected chi connectivity index (χ0v) is 14.8. The van der Waals surface area contributed by atoms with Crippen LogP contribution in [0.5, 0.6) is 5.75 Å². The molecule has 2 amide bonds. The van der Waals surface area contributed by atoms with Crippen molar-refractivity contribution in [2.75, 3.05) is 12.4 Å². The number of aromatic nitrogens is 2. The molecule has 2 aromatic heterocycles. The first-order valence-corrected chi connectivity index (χ1v) is 8.16. The number of amides is 2. The van der Waals surface area contributed by atoms with Gasteiger partial charge in [0.1, 0.15) is 23.3 Å². The minimum Gasteiger partial charge on any atom is -0.497 e. The minimum atomic E-state index is -0.711. The second kappa shape index (κ2) is 7.26. The summed E-state index contributed by atoms with van der Waals surface area (Å²) >= 11 is 0. The van der Waals surface area contributed by atoms with Gasteiger partial charge in [-0.05, 0) is 43.3 Å². The van der Waals surface area contributed by atoms with Crippen molar-refractivity contribution in [1.29, 1.82) is 0 Å². The van der Waals surface area contributed by atoms with E-state index < -0.39 is 6.04 Å². The van der Waals surface area contributed by atoms with E-state index in [0.717, 1.165) is 16.7 Å². The van der Waals surface area contributed by atoms with Crippen LogP contribution in [0.15, 0.2) is 48.7 Å². The van der Waals surface area contributed by atoms with Gasteiger partial charge in [0.05, 0.1) is 7.11 Å². The summed E-state index contributed by atoms with van der Waals surface area (Å²) in [4.78, 5) is 28.9. The topological polar surface area (TPSA) is 85.2 Å². The van der Waals surface area contributed by atoms with E-state index in [1.807, 2.05) is 25.2 Å². The number of carbonyl (C=O) groups is 2. The summed E-state index contributed by atoms with van der Waals surface area (Å²) in [5, 5.41) is 6.27. The molecule has 2 N–H and O–H groups in total. The highest BCUT2D eigenvalue weighted by molar-refractivity contribution is 6.02. The minimum absolute atomic E-state index is 0.327. The van der Waals surface area contributed by atoms with Crippen molar-refractivity contribution in [2.24, 2.45) is 7.05 Å². The lowest BCUT2D eigenvalue weighted by Crippen LogP contribution is -2.42. The fourth-order valence-corrected chi connectivity index (χ4v) is 2.68. The number of hydrogen-bond acceptors (Lipinski definition) is 4. The Labute approximate surface area is 151 Å². The number of nitrogens with one attached hydrogen (secondary N) is 2. The molecule has 0 aliphatic rings. The molecule has 0 unspecified atom stereocenters. The summed E-state index contributed by atoms with van der Waals surface area (Å²) in [5.74, 6) is 0.497. The predicted molar refractivity (Wildman–Crippen MR) is 99.3 cm³/mol.